The molecule has 1 unspecified atom stereocenters. The van der Waals surface area contributed by atoms with Crippen molar-refractivity contribution in [3.63, 3.8) is 0 Å². The first kappa shape index (κ1) is 9.01. The fourth-order valence-corrected chi connectivity index (χ4v) is 1.42. The second-order valence-electron chi connectivity index (χ2n) is 4.95. The van der Waals surface area contributed by atoms with E-state index in [1.807, 2.05) is 0 Å². The average Bonchev–Trinajstić information content (AvgIpc) is 1.81. The Labute approximate surface area is 69.0 Å². The summed E-state index contributed by atoms with van der Waals surface area (Å²) in [5.74, 6) is 0. The van der Waals surface area contributed by atoms with Gasteiger partial charge in [-0.2, -0.15) is 0 Å². The van der Waals surface area contributed by atoms with Gasteiger partial charge >= 0.3 is 0 Å². The van der Waals surface area contributed by atoms with Crippen molar-refractivity contribution in [3.05, 3.63) is 0 Å². The van der Waals surface area contributed by atoms with Crippen molar-refractivity contribution in [1.29, 1.82) is 0 Å². The summed E-state index contributed by atoms with van der Waals surface area (Å²) in [6.07, 6.45) is 0.679. The maximum absolute atomic E-state index is 9.73. The Bertz CT molecular complexity index is 152. The predicted octanol–water partition coefficient (Wildman–Crippen LogP) is 1.15. The Morgan fingerprint density at radius 3 is 2.18 bits per heavy atom. The summed E-state index contributed by atoms with van der Waals surface area (Å²) in [6, 6.07) is 0. The van der Waals surface area contributed by atoms with Gasteiger partial charge in [0.1, 0.15) is 0 Å². The lowest BCUT2D eigenvalue weighted by Crippen LogP contribution is -2.56. The predicted molar refractivity (Wildman–Crippen MR) is 46.5 cm³/mol. The maximum atomic E-state index is 9.73. The molecule has 0 amide bonds. The highest BCUT2D eigenvalue weighted by molar-refractivity contribution is 4.94. The molecule has 0 aromatic heterocycles. The molecule has 1 atom stereocenters. The van der Waals surface area contributed by atoms with Gasteiger partial charge in [0, 0.05) is 17.5 Å². The second kappa shape index (κ2) is 2.46. The van der Waals surface area contributed by atoms with Crippen LogP contribution in [0.2, 0.25) is 0 Å². The van der Waals surface area contributed by atoms with E-state index in [-0.39, 0.29) is 17.1 Å². The summed E-state index contributed by atoms with van der Waals surface area (Å²) in [5, 5.41) is 13.2. The third-order valence-electron chi connectivity index (χ3n) is 2.63. The third kappa shape index (κ3) is 1.94. The molecule has 2 N–H and O–H groups in total. The Kier molecular flexibility index (Phi) is 2.01. The van der Waals surface area contributed by atoms with Crippen LogP contribution in [0, 0.1) is 5.41 Å². The molecule has 0 aromatic carbocycles. The lowest BCUT2D eigenvalue weighted by molar-refractivity contribution is -0.0103. The van der Waals surface area contributed by atoms with Crippen LogP contribution in [0.3, 0.4) is 0 Å². The van der Waals surface area contributed by atoms with Crippen LogP contribution in [0.15, 0.2) is 0 Å². The zero-order valence-corrected chi connectivity index (χ0v) is 7.94. The number of rotatable bonds is 0. The molecule has 2 nitrogen and oxygen atoms in total. The van der Waals surface area contributed by atoms with E-state index in [0.717, 1.165) is 13.0 Å². The molecule has 1 rings (SSSR count). The number of hydrogen-bond acceptors (Lipinski definition) is 2. The number of aliphatic hydroxyl groups excluding tert-OH is 1. The van der Waals surface area contributed by atoms with E-state index in [1.165, 1.54) is 0 Å². The Balaban J connectivity index is 2.63. The summed E-state index contributed by atoms with van der Waals surface area (Å²) < 4.78 is 0. The molecule has 1 aliphatic rings. The lowest BCUT2D eigenvalue weighted by Gasteiger charge is -2.44. The van der Waals surface area contributed by atoms with Crippen molar-refractivity contribution in [2.24, 2.45) is 5.41 Å². The molecule has 0 saturated carbocycles. The maximum Gasteiger partial charge on any atom is 0.0620 e. The quantitative estimate of drug-likeness (QED) is 0.553. The van der Waals surface area contributed by atoms with Gasteiger partial charge in [-0.1, -0.05) is 13.8 Å². The van der Waals surface area contributed by atoms with Gasteiger partial charge in [0.15, 0.2) is 0 Å². The Morgan fingerprint density at radius 2 is 1.82 bits per heavy atom. The van der Waals surface area contributed by atoms with Crippen LogP contribution in [0.1, 0.15) is 34.1 Å². The minimum absolute atomic E-state index is 0.0372. The molecule has 1 aliphatic heterocycles. The Morgan fingerprint density at radius 1 is 1.27 bits per heavy atom. The highest BCUT2D eigenvalue weighted by Crippen LogP contribution is 2.31. The van der Waals surface area contributed by atoms with Crippen LogP contribution in [0.5, 0.6) is 0 Å². The topological polar surface area (TPSA) is 32.3 Å². The zero-order valence-electron chi connectivity index (χ0n) is 7.94. The first-order valence-corrected chi connectivity index (χ1v) is 4.27. The van der Waals surface area contributed by atoms with Gasteiger partial charge < -0.3 is 10.4 Å². The molecule has 0 bridgehead atoms. The smallest absolute Gasteiger partial charge is 0.0620 e. The number of hydrogen-bond donors (Lipinski definition) is 2. The van der Waals surface area contributed by atoms with Gasteiger partial charge in [0.2, 0.25) is 0 Å². The van der Waals surface area contributed by atoms with E-state index in [9.17, 15) is 5.11 Å². The minimum Gasteiger partial charge on any atom is -0.392 e. The van der Waals surface area contributed by atoms with Crippen LogP contribution >= 0.6 is 0 Å². The van der Waals surface area contributed by atoms with Crippen molar-refractivity contribution in [1.82, 2.24) is 5.32 Å². The Hall–Kier alpha value is -0.0800. The molecular weight excluding hydrogens is 138 g/mol. The summed E-state index contributed by atoms with van der Waals surface area (Å²) in [4.78, 5) is 0. The van der Waals surface area contributed by atoms with Gasteiger partial charge in [-0.15, -0.1) is 0 Å². The molecule has 0 aromatic rings. The molecule has 0 spiro atoms. The number of nitrogens with one attached hydrogen (secondary N) is 1. The van der Waals surface area contributed by atoms with Crippen LogP contribution in [0.4, 0.5) is 0 Å². The fraction of sp³-hybridized carbons (Fsp3) is 1.00. The largest absolute Gasteiger partial charge is 0.392 e. The molecule has 1 heterocycles. The fourth-order valence-electron chi connectivity index (χ4n) is 1.42. The lowest BCUT2D eigenvalue weighted by atomic mass is 9.76. The standard InChI is InChI=1S/C9H19NO/c1-8(2)6-10-9(3,4)5-7(8)11/h7,10-11H,5-6H2,1-4H3. The molecule has 2 heteroatoms. The second-order valence-corrected chi connectivity index (χ2v) is 4.95. The highest BCUT2D eigenvalue weighted by Gasteiger charge is 2.38. The number of aliphatic hydroxyl groups is 1. The molecule has 0 radical (unpaired) electrons. The third-order valence-corrected chi connectivity index (χ3v) is 2.63. The van der Waals surface area contributed by atoms with Crippen molar-refractivity contribution in [2.45, 2.75) is 45.8 Å². The SMILES string of the molecule is CC1(C)CC(O)C(C)(C)CN1. The van der Waals surface area contributed by atoms with Crippen LogP contribution < -0.4 is 5.32 Å². The van der Waals surface area contributed by atoms with Gasteiger partial charge in [0.25, 0.3) is 0 Å². The van der Waals surface area contributed by atoms with E-state index in [4.69, 9.17) is 0 Å². The van der Waals surface area contributed by atoms with Gasteiger partial charge in [0.05, 0.1) is 6.10 Å². The highest BCUT2D eigenvalue weighted by atomic mass is 16.3. The van der Waals surface area contributed by atoms with E-state index in [0.29, 0.717) is 0 Å². The average molecular weight is 157 g/mol. The molecule has 1 fully saturated rings. The monoisotopic (exact) mass is 157 g/mol. The summed E-state index contributed by atoms with van der Waals surface area (Å²) in [5.41, 5.74) is 0.143. The van der Waals surface area contributed by atoms with Crippen molar-refractivity contribution >= 4 is 0 Å². The zero-order chi connectivity index (χ0) is 8.70. The number of piperidine rings is 1. The van der Waals surface area contributed by atoms with Crippen LogP contribution in [-0.2, 0) is 0 Å². The summed E-state index contributed by atoms with van der Waals surface area (Å²) >= 11 is 0. The van der Waals surface area contributed by atoms with E-state index >= 15 is 0 Å². The van der Waals surface area contributed by atoms with E-state index in [2.05, 4.69) is 33.0 Å². The minimum atomic E-state index is -0.168. The van der Waals surface area contributed by atoms with Gasteiger partial charge in [-0.25, -0.2) is 0 Å². The van der Waals surface area contributed by atoms with Crippen molar-refractivity contribution in [3.8, 4) is 0 Å². The summed E-state index contributed by atoms with van der Waals surface area (Å²) in [7, 11) is 0. The van der Waals surface area contributed by atoms with Gasteiger partial charge in [-0.05, 0) is 20.3 Å². The van der Waals surface area contributed by atoms with E-state index < -0.39 is 0 Å². The van der Waals surface area contributed by atoms with Crippen LogP contribution in [-0.4, -0.2) is 23.3 Å². The van der Waals surface area contributed by atoms with E-state index in [1.54, 1.807) is 0 Å². The molecule has 66 valence electrons. The molecular formula is C9H19NO. The molecule has 0 aliphatic carbocycles. The normalized spacial score (nSPS) is 35.2. The van der Waals surface area contributed by atoms with Gasteiger partial charge in [-0.3, -0.25) is 0 Å². The van der Waals surface area contributed by atoms with Crippen molar-refractivity contribution < 1.29 is 5.11 Å². The van der Waals surface area contributed by atoms with Crippen LogP contribution in [0.25, 0.3) is 0 Å². The summed E-state index contributed by atoms with van der Waals surface area (Å²) in [6.45, 7) is 9.36. The molecule has 1 saturated heterocycles. The molecule has 11 heavy (non-hydrogen) atoms. The first-order valence-electron chi connectivity index (χ1n) is 4.27. The van der Waals surface area contributed by atoms with Crippen molar-refractivity contribution in [2.75, 3.05) is 6.54 Å². The first-order chi connectivity index (χ1) is 4.83.